The van der Waals surface area contributed by atoms with Crippen molar-refractivity contribution in [2.75, 3.05) is 23.7 Å². The van der Waals surface area contributed by atoms with E-state index in [2.05, 4.69) is 0 Å². The van der Waals surface area contributed by atoms with Crippen molar-refractivity contribution in [3.8, 4) is 0 Å². The van der Waals surface area contributed by atoms with Crippen LogP contribution < -0.4 is 16.1 Å². The molecule has 4 rings (SSSR count). The van der Waals surface area contributed by atoms with Gasteiger partial charge in [-0.1, -0.05) is 0 Å². The number of carboxylic acid groups (broad SMARTS) is 1. The largest absolute Gasteiger partial charge is 0.477 e. The predicted molar refractivity (Wildman–Crippen MR) is 111 cm³/mol. The molecule has 0 radical (unpaired) electrons. The second kappa shape index (κ2) is 7.21. The number of fused-ring (bicyclic) bond motifs is 1. The Balaban J connectivity index is 1.96. The lowest BCUT2D eigenvalue weighted by Gasteiger charge is -2.45. The maximum Gasteiger partial charge on any atom is 0.341 e. The highest BCUT2D eigenvalue weighted by atomic mass is 19.1. The van der Waals surface area contributed by atoms with Gasteiger partial charge in [-0.3, -0.25) is 9.59 Å². The molecule has 1 saturated heterocycles. The Morgan fingerprint density at radius 3 is 2.19 bits per heavy atom. The Labute approximate surface area is 176 Å². The summed E-state index contributed by atoms with van der Waals surface area (Å²) >= 11 is 0. The van der Waals surface area contributed by atoms with Crippen LogP contribution in [0.25, 0.3) is 10.9 Å². The van der Waals surface area contributed by atoms with E-state index in [0.717, 1.165) is 6.20 Å². The van der Waals surface area contributed by atoms with Crippen LogP contribution in [0.15, 0.2) is 11.0 Å². The van der Waals surface area contributed by atoms with Crippen molar-refractivity contribution in [3.05, 3.63) is 33.6 Å². The third-order valence-electron chi connectivity index (χ3n) is 6.13. The molecule has 31 heavy (non-hydrogen) atoms. The summed E-state index contributed by atoms with van der Waals surface area (Å²) in [7, 11) is 0. The van der Waals surface area contributed by atoms with Crippen LogP contribution in [-0.2, 0) is 4.79 Å². The summed E-state index contributed by atoms with van der Waals surface area (Å²) in [5, 5.41) is 8.94. The number of rotatable bonds is 3. The van der Waals surface area contributed by atoms with E-state index < -0.39 is 39.7 Å². The maximum atomic E-state index is 15.8. The van der Waals surface area contributed by atoms with Gasteiger partial charge in [-0.05, 0) is 26.7 Å². The highest BCUT2D eigenvalue weighted by molar-refractivity contribution is 5.99. The monoisotopic (exact) mass is 434 g/mol. The molecule has 1 aliphatic carbocycles. The lowest BCUT2D eigenvalue weighted by molar-refractivity contribution is -0.133. The molecule has 0 bridgehead atoms. The quantitative estimate of drug-likeness (QED) is 0.718. The number of benzene rings is 1. The van der Waals surface area contributed by atoms with E-state index in [0.29, 0.717) is 12.8 Å². The first-order valence-electron chi connectivity index (χ1n) is 10.2. The van der Waals surface area contributed by atoms with Gasteiger partial charge < -0.3 is 25.2 Å². The molecule has 0 unspecified atom stereocenters. The fraction of sp³-hybridized carbons (Fsp3) is 0.476. The van der Waals surface area contributed by atoms with Gasteiger partial charge in [-0.25, -0.2) is 13.6 Å². The summed E-state index contributed by atoms with van der Waals surface area (Å²) in [6.45, 7) is 5.41. The number of pyridine rings is 1. The third kappa shape index (κ3) is 3.21. The number of amides is 1. The van der Waals surface area contributed by atoms with E-state index in [9.17, 15) is 19.5 Å². The van der Waals surface area contributed by atoms with Gasteiger partial charge in [-0.15, -0.1) is 0 Å². The van der Waals surface area contributed by atoms with Gasteiger partial charge >= 0.3 is 5.97 Å². The Kier molecular flexibility index (Phi) is 4.90. The van der Waals surface area contributed by atoms with Crippen LogP contribution in [-0.4, -0.2) is 51.6 Å². The van der Waals surface area contributed by atoms with Crippen LogP contribution in [0, 0.1) is 11.6 Å². The van der Waals surface area contributed by atoms with Crippen molar-refractivity contribution in [2.24, 2.45) is 0 Å². The lowest BCUT2D eigenvalue weighted by atomic mass is 10.0. The van der Waals surface area contributed by atoms with Crippen molar-refractivity contribution < 1.29 is 23.5 Å². The molecule has 2 heterocycles. The minimum Gasteiger partial charge on any atom is -0.477 e. The Hall–Kier alpha value is -3.17. The SMILES string of the molecule is CC(=O)N1[C@H](C)CN(c2c(F)c(N)c3c(=O)c(C(=O)O)cn(C4CC4)c3c2F)C[C@H]1C. The number of hydrogen-bond donors (Lipinski definition) is 2. The molecule has 8 nitrogen and oxygen atoms in total. The number of carbonyl (C=O) groups excluding carboxylic acids is 1. The molecule has 1 amide bonds. The van der Waals surface area contributed by atoms with E-state index in [4.69, 9.17) is 5.73 Å². The molecule has 166 valence electrons. The van der Waals surface area contributed by atoms with Crippen molar-refractivity contribution in [1.29, 1.82) is 0 Å². The zero-order valence-electron chi connectivity index (χ0n) is 17.5. The molecule has 10 heteroatoms. The molecule has 2 aliphatic rings. The molecule has 2 atom stereocenters. The molecule has 3 N–H and O–H groups in total. The number of halogens is 2. The van der Waals surface area contributed by atoms with E-state index >= 15 is 8.78 Å². The van der Waals surface area contributed by atoms with Crippen molar-refractivity contribution in [3.63, 3.8) is 0 Å². The summed E-state index contributed by atoms with van der Waals surface area (Å²) in [6, 6.07) is -0.769. The molecule has 1 aliphatic heterocycles. The normalized spacial score (nSPS) is 21.6. The van der Waals surface area contributed by atoms with E-state index in [1.54, 1.807) is 18.7 Å². The van der Waals surface area contributed by atoms with Gasteiger partial charge in [0.25, 0.3) is 0 Å². The molecule has 1 saturated carbocycles. The first-order chi connectivity index (χ1) is 14.5. The van der Waals surface area contributed by atoms with E-state index in [1.165, 1.54) is 16.4 Å². The van der Waals surface area contributed by atoms with Crippen molar-refractivity contribution in [1.82, 2.24) is 9.47 Å². The zero-order valence-corrected chi connectivity index (χ0v) is 17.5. The number of aromatic nitrogens is 1. The number of anilines is 2. The third-order valence-corrected chi connectivity index (χ3v) is 6.13. The van der Waals surface area contributed by atoms with Crippen LogP contribution in [0.4, 0.5) is 20.2 Å². The number of nitrogen functional groups attached to an aromatic ring is 1. The summed E-state index contributed by atoms with van der Waals surface area (Å²) in [6.07, 6.45) is 2.50. The maximum absolute atomic E-state index is 15.8. The van der Waals surface area contributed by atoms with E-state index in [1.807, 2.05) is 0 Å². The second-order valence-corrected chi connectivity index (χ2v) is 8.46. The molecule has 1 aromatic heterocycles. The number of nitrogens with zero attached hydrogens (tertiary/aromatic N) is 3. The van der Waals surface area contributed by atoms with Gasteiger partial charge in [0.15, 0.2) is 11.6 Å². The Bertz CT molecular complexity index is 1160. The number of carbonyl (C=O) groups is 2. The first kappa shape index (κ1) is 21.1. The summed E-state index contributed by atoms with van der Waals surface area (Å²) in [5.41, 5.74) is 3.27. The topological polar surface area (TPSA) is 109 Å². The highest BCUT2D eigenvalue weighted by Gasteiger charge is 2.37. The smallest absolute Gasteiger partial charge is 0.341 e. The van der Waals surface area contributed by atoms with Crippen molar-refractivity contribution in [2.45, 2.75) is 51.7 Å². The Morgan fingerprint density at radius 1 is 1.13 bits per heavy atom. The number of piperazine rings is 1. The van der Waals surface area contributed by atoms with Gasteiger partial charge in [0.1, 0.15) is 11.3 Å². The number of nitrogens with two attached hydrogens (primary N) is 1. The highest BCUT2D eigenvalue weighted by Crippen LogP contribution is 2.42. The van der Waals surface area contributed by atoms with Crippen molar-refractivity contribution >= 4 is 34.2 Å². The second-order valence-electron chi connectivity index (χ2n) is 8.46. The fourth-order valence-corrected chi connectivity index (χ4v) is 4.75. The van der Waals surface area contributed by atoms with Gasteiger partial charge in [0.05, 0.1) is 16.6 Å². The number of hydrogen-bond acceptors (Lipinski definition) is 5. The summed E-state index contributed by atoms with van der Waals surface area (Å²) < 4.78 is 32.6. The minimum absolute atomic E-state index is 0.123. The summed E-state index contributed by atoms with van der Waals surface area (Å²) in [4.78, 5) is 39.4. The first-order valence-corrected chi connectivity index (χ1v) is 10.2. The predicted octanol–water partition coefficient (Wildman–Crippen LogP) is 2.34. The van der Waals surface area contributed by atoms with Crippen LogP contribution in [0.1, 0.15) is 50.0 Å². The zero-order chi connectivity index (χ0) is 22.8. The van der Waals surface area contributed by atoms with Crippen LogP contribution in [0.5, 0.6) is 0 Å². The lowest BCUT2D eigenvalue weighted by Crippen LogP contribution is -2.58. The van der Waals surface area contributed by atoms with Gasteiger partial charge in [0, 0.05) is 44.3 Å². The minimum atomic E-state index is -1.48. The fourth-order valence-electron chi connectivity index (χ4n) is 4.75. The van der Waals surface area contributed by atoms with Gasteiger partial charge in [0.2, 0.25) is 11.3 Å². The van der Waals surface area contributed by atoms with Crippen LogP contribution in [0.3, 0.4) is 0 Å². The standard InChI is InChI=1S/C21H24F2N4O4/c1-9-6-25(7-10(2)27(9)11(3)28)19-15(22)17(24)14-18(16(19)23)26(12-4-5-12)8-13(20(14)29)21(30)31/h8-10,12H,4-7,24H2,1-3H3,(H,30,31)/t9-,10-/m1/s1. The Morgan fingerprint density at radius 2 is 1.71 bits per heavy atom. The van der Waals surface area contributed by atoms with E-state index in [-0.39, 0.29) is 48.3 Å². The average Bonchev–Trinajstić information content (AvgIpc) is 3.50. The molecule has 2 aromatic rings. The molecular weight excluding hydrogens is 410 g/mol. The molecule has 0 spiro atoms. The number of carboxylic acids is 1. The molecule has 2 fully saturated rings. The van der Waals surface area contributed by atoms with Gasteiger partial charge in [-0.2, -0.15) is 0 Å². The molecular formula is C21H24F2N4O4. The number of aromatic carboxylic acids is 1. The average molecular weight is 434 g/mol. The van der Waals surface area contributed by atoms with Crippen LogP contribution in [0.2, 0.25) is 0 Å². The summed E-state index contributed by atoms with van der Waals surface area (Å²) in [5.74, 6) is -3.64. The van der Waals surface area contributed by atoms with Crippen LogP contribution >= 0.6 is 0 Å². The molecule has 1 aromatic carbocycles.